The Bertz CT molecular complexity index is 184. The number of rotatable bonds is 3. The third-order valence-corrected chi connectivity index (χ3v) is 1.83. The summed E-state index contributed by atoms with van der Waals surface area (Å²) in [5.74, 6) is -3.16. The molecule has 0 saturated heterocycles. The Kier molecular flexibility index (Phi) is 36.2. The Morgan fingerprint density at radius 3 is 1.17 bits per heavy atom. The van der Waals surface area contributed by atoms with E-state index in [1.165, 1.54) is 24.2 Å². The molecule has 0 N–H and O–H groups in total. The van der Waals surface area contributed by atoms with Crippen LogP contribution in [-0.2, 0) is 14.4 Å². The minimum absolute atomic E-state index is 0.111. The number of carbonyl (C=O) groups excluding carboxylic acids is 3. The second-order valence-electron chi connectivity index (χ2n) is 2.81. The number of hydrogen-bond donors (Lipinski definition) is 0. The molecule has 0 amide bonds. The van der Waals surface area contributed by atoms with Crippen molar-refractivity contribution in [2.45, 2.75) is 51.4 Å². The van der Waals surface area contributed by atoms with Gasteiger partial charge in [-0.25, -0.2) is 0 Å². The van der Waals surface area contributed by atoms with Gasteiger partial charge in [0, 0.05) is 17.9 Å². The molecular weight excluding hydrogens is 347 g/mol. The van der Waals surface area contributed by atoms with Crippen molar-refractivity contribution in [1.82, 2.24) is 0 Å². The van der Waals surface area contributed by atoms with E-state index in [4.69, 9.17) is 19.8 Å². The fraction of sp³-hybridized carbons (Fsp3) is 0.727. The minimum atomic E-state index is -1.08. The molecule has 0 saturated carbocycles. The van der Waals surface area contributed by atoms with Crippen molar-refractivity contribution in [1.29, 1.82) is 0 Å². The van der Waals surface area contributed by atoms with Crippen LogP contribution < -0.4 is 15.3 Å². The number of carboxylic acid groups (broad SMARTS) is 3. The third-order valence-electron chi connectivity index (χ3n) is 0.819. The first-order valence-electron chi connectivity index (χ1n) is 5.35. The standard InChI is InChI=1S/C4H9.C3H6O2.2C2H4O2.Sn/c1-3-4-2;1-2-3(4)5;2*1-2(3)4;/h1,3-4H2,2H3;2H2,1H3,(H,4,5);2*1H3,(H,3,4);/q;;;;+3/p-3. The van der Waals surface area contributed by atoms with E-state index in [9.17, 15) is 9.90 Å². The summed E-state index contributed by atoms with van der Waals surface area (Å²) in [7, 11) is 0. The molecule has 0 aliphatic carbocycles. The Labute approximate surface area is 121 Å². The van der Waals surface area contributed by atoms with Crippen LogP contribution in [0.25, 0.3) is 0 Å². The van der Waals surface area contributed by atoms with Crippen LogP contribution in [0.3, 0.4) is 0 Å². The first-order chi connectivity index (χ1) is 8.15. The molecule has 104 valence electrons. The summed E-state index contributed by atoms with van der Waals surface area (Å²) in [4.78, 5) is 27.0. The van der Waals surface area contributed by atoms with Crippen LogP contribution in [0.4, 0.5) is 0 Å². The van der Waals surface area contributed by atoms with E-state index < -0.39 is 17.9 Å². The molecule has 0 spiro atoms. The topological polar surface area (TPSA) is 120 Å². The Balaban J connectivity index is -0.0000000731. The van der Waals surface area contributed by atoms with Crippen molar-refractivity contribution >= 4 is 40.4 Å². The summed E-state index contributed by atoms with van der Waals surface area (Å²) < 4.78 is 1.43. The van der Waals surface area contributed by atoms with Crippen LogP contribution in [0, 0.1) is 0 Å². The molecule has 0 radical (unpaired) electrons. The summed E-state index contributed by atoms with van der Waals surface area (Å²) >= 11 is 1.68. The Hall–Kier alpha value is -0.791. The molecule has 0 rings (SSSR count). The molecule has 0 aromatic rings. The van der Waals surface area contributed by atoms with Crippen LogP contribution in [-0.4, -0.2) is 40.4 Å². The number of hydrogen-bond acceptors (Lipinski definition) is 6. The van der Waals surface area contributed by atoms with Gasteiger partial charge < -0.3 is 29.7 Å². The zero-order chi connectivity index (χ0) is 15.6. The fourth-order valence-electron chi connectivity index (χ4n) is 0.177. The fourth-order valence-corrected chi connectivity index (χ4v) is 1.19. The molecule has 0 bridgehead atoms. The second-order valence-corrected chi connectivity index (χ2v) is 4.24. The summed E-state index contributed by atoms with van der Waals surface area (Å²) in [5, 5.41) is 27.0. The molecule has 0 unspecified atom stereocenters. The molecule has 0 heterocycles. The quantitative estimate of drug-likeness (QED) is 0.534. The second kappa shape index (κ2) is 25.2. The van der Waals surface area contributed by atoms with Gasteiger partial charge in [-0.2, -0.15) is 0 Å². The molecule has 18 heavy (non-hydrogen) atoms. The summed E-state index contributed by atoms with van der Waals surface area (Å²) in [6.45, 7) is 5.71. The molecule has 7 heteroatoms. The van der Waals surface area contributed by atoms with Gasteiger partial charge in [-0.05, 0) is 20.3 Å². The van der Waals surface area contributed by atoms with Gasteiger partial charge in [0.05, 0.1) is 0 Å². The van der Waals surface area contributed by atoms with Crippen molar-refractivity contribution in [3.05, 3.63) is 0 Å². The van der Waals surface area contributed by atoms with Crippen molar-refractivity contribution in [3.8, 4) is 0 Å². The SMILES string of the molecule is CC(=O)[O-].CC(=O)[O-].CCC(=O)[O-].CCC[CH2][Sn+3]. The van der Waals surface area contributed by atoms with Gasteiger partial charge in [0.1, 0.15) is 0 Å². The van der Waals surface area contributed by atoms with Gasteiger partial charge in [0.15, 0.2) is 0 Å². The number of carbonyl (C=O) groups is 3. The molecule has 0 aromatic heterocycles. The van der Waals surface area contributed by atoms with E-state index in [2.05, 4.69) is 6.92 Å². The molecule has 0 aliphatic rings. The Morgan fingerprint density at radius 2 is 1.17 bits per heavy atom. The van der Waals surface area contributed by atoms with E-state index in [0.29, 0.717) is 0 Å². The maximum absolute atomic E-state index is 9.26. The predicted molar refractivity (Wildman–Crippen MR) is 62.1 cm³/mol. The van der Waals surface area contributed by atoms with E-state index in [-0.39, 0.29) is 6.42 Å². The van der Waals surface area contributed by atoms with Gasteiger partial charge in [-0.1, -0.05) is 6.92 Å². The molecule has 0 atom stereocenters. The number of unbranched alkanes of at least 4 members (excludes halogenated alkanes) is 1. The van der Waals surface area contributed by atoms with Gasteiger partial charge >= 0.3 is 46.7 Å². The van der Waals surface area contributed by atoms with Crippen LogP contribution >= 0.6 is 0 Å². The van der Waals surface area contributed by atoms with E-state index in [1.54, 1.807) is 22.5 Å². The van der Waals surface area contributed by atoms with E-state index in [0.717, 1.165) is 13.8 Å². The number of aliphatic carboxylic acids is 3. The van der Waals surface area contributed by atoms with Gasteiger partial charge in [-0.3, -0.25) is 0 Å². The zero-order valence-electron chi connectivity index (χ0n) is 11.3. The van der Waals surface area contributed by atoms with E-state index >= 15 is 0 Å². The normalized spacial score (nSPS) is 7.22. The third kappa shape index (κ3) is 298. The Morgan fingerprint density at radius 1 is 0.944 bits per heavy atom. The van der Waals surface area contributed by atoms with Crippen LogP contribution in [0.1, 0.15) is 47.0 Å². The first kappa shape index (κ1) is 25.9. The number of carboxylic acids is 3. The summed E-state index contributed by atoms with van der Waals surface area (Å²) in [6.07, 6.45) is 2.91. The predicted octanol–water partition coefficient (Wildman–Crippen LogP) is -1.97. The molecule has 6 nitrogen and oxygen atoms in total. The maximum atomic E-state index is 9.26. The van der Waals surface area contributed by atoms with Crippen molar-refractivity contribution in [2.24, 2.45) is 0 Å². The van der Waals surface area contributed by atoms with Crippen LogP contribution in [0.15, 0.2) is 0 Å². The van der Waals surface area contributed by atoms with Crippen molar-refractivity contribution in [2.75, 3.05) is 0 Å². The van der Waals surface area contributed by atoms with Crippen molar-refractivity contribution < 1.29 is 29.7 Å². The summed E-state index contributed by atoms with van der Waals surface area (Å²) in [5.41, 5.74) is 0. The van der Waals surface area contributed by atoms with E-state index in [1.807, 2.05) is 0 Å². The van der Waals surface area contributed by atoms with Gasteiger partial charge in [-0.15, -0.1) is 0 Å². The molecule has 0 fully saturated rings. The molecule has 0 aromatic carbocycles. The molecular formula is C11H20O6Sn. The summed E-state index contributed by atoms with van der Waals surface area (Å²) in [6, 6.07) is 0. The average molecular weight is 367 g/mol. The van der Waals surface area contributed by atoms with Crippen LogP contribution in [0.2, 0.25) is 4.44 Å². The average Bonchev–Trinajstić information content (AvgIpc) is 2.18. The van der Waals surface area contributed by atoms with Gasteiger partial charge in [0.2, 0.25) is 0 Å². The zero-order valence-corrected chi connectivity index (χ0v) is 14.1. The van der Waals surface area contributed by atoms with Gasteiger partial charge in [0.25, 0.3) is 0 Å². The monoisotopic (exact) mass is 368 g/mol. The van der Waals surface area contributed by atoms with Crippen LogP contribution in [0.5, 0.6) is 0 Å². The van der Waals surface area contributed by atoms with Crippen molar-refractivity contribution in [3.63, 3.8) is 0 Å². The first-order valence-corrected chi connectivity index (χ1v) is 7.36. The molecule has 0 aliphatic heterocycles.